The van der Waals surface area contributed by atoms with Gasteiger partial charge in [0, 0.05) is 30.0 Å². The summed E-state index contributed by atoms with van der Waals surface area (Å²) in [6.45, 7) is 6.05. The van der Waals surface area contributed by atoms with Gasteiger partial charge in [-0.1, -0.05) is 29.8 Å². The van der Waals surface area contributed by atoms with Gasteiger partial charge < -0.3 is 9.30 Å². The molecule has 3 aromatic rings. The number of aromatic nitrogens is 1. The van der Waals surface area contributed by atoms with Crippen molar-refractivity contribution >= 4 is 38.6 Å². The van der Waals surface area contributed by atoms with Gasteiger partial charge in [0.25, 0.3) is 0 Å². The van der Waals surface area contributed by atoms with E-state index in [4.69, 9.17) is 21.3 Å². The molecule has 1 saturated heterocycles. The zero-order chi connectivity index (χ0) is 21.8. The van der Waals surface area contributed by atoms with Crippen LogP contribution in [0.4, 0.5) is 5.69 Å². The van der Waals surface area contributed by atoms with Crippen molar-refractivity contribution in [3.8, 4) is 11.3 Å². The number of hydrogen-bond acceptors (Lipinski definition) is 5. The maximum absolute atomic E-state index is 12.8. The normalized spacial score (nSPS) is 15.8. The van der Waals surface area contributed by atoms with E-state index in [0.29, 0.717) is 43.6 Å². The van der Waals surface area contributed by atoms with Gasteiger partial charge in [-0.3, -0.25) is 0 Å². The standard InChI is InChI=1S/C22H22ClN3O3S2/c1-2-11-26-21(17-3-5-18(23)6-4-17)16-30-22(26)24-19-7-9-20(10-8-19)31(27,28)25-12-14-29-15-13-25/h2-10,16H,1,11-15H2. The number of thiazole rings is 1. The Hall–Kier alpha value is -2.23. The summed E-state index contributed by atoms with van der Waals surface area (Å²) in [6.07, 6.45) is 1.82. The quantitative estimate of drug-likeness (QED) is 0.499. The Morgan fingerprint density at radius 2 is 1.77 bits per heavy atom. The zero-order valence-corrected chi connectivity index (χ0v) is 19.2. The minimum Gasteiger partial charge on any atom is -0.379 e. The first-order chi connectivity index (χ1) is 15.0. The van der Waals surface area contributed by atoms with Crippen molar-refractivity contribution in [3.63, 3.8) is 0 Å². The average molecular weight is 476 g/mol. The van der Waals surface area contributed by atoms with Gasteiger partial charge >= 0.3 is 0 Å². The van der Waals surface area contributed by atoms with Crippen LogP contribution in [-0.2, 0) is 21.3 Å². The summed E-state index contributed by atoms with van der Waals surface area (Å²) in [5.74, 6) is 0. The van der Waals surface area contributed by atoms with Crippen LogP contribution in [0, 0.1) is 0 Å². The highest BCUT2D eigenvalue weighted by Crippen LogP contribution is 2.24. The van der Waals surface area contributed by atoms with Crippen molar-refractivity contribution in [1.82, 2.24) is 8.87 Å². The van der Waals surface area contributed by atoms with E-state index in [2.05, 4.69) is 11.1 Å². The van der Waals surface area contributed by atoms with Crippen molar-refractivity contribution in [2.75, 3.05) is 26.3 Å². The monoisotopic (exact) mass is 475 g/mol. The lowest BCUT2D eigenvalue weighted by Gasteiger charge is -2.26. The molecule has 0 saturated carbocycles. The first kappa shape index (κ1) is 22.0. The average Bonchev–Trinajstić information content (AvgIpc) is 3.18. The molecule has 2 heterocycles. The number of sulfonamides is 1. The fraction of sp³-hybridized carbons (Fsp3) is 0.227. The molecule has 4 rings (SSSR count). The number of rotatable bonds is 6. The molecule has 0 bridgehead atoms. The van der Waals surface area contributed by atoms with E-state index in [1.165, 1.54) is 15.6 Å². The molecule has 1 aliphatic heterocycles. The van der Waals surface area contributed by atoms with Gasteiger partial charge in [0.2, 0.25) is 10.0 Å². The third-order valence-corrected chi connectivity index (χ3v) is 7.95. The minimum atomic E-state index is -3.52. The topological polar surface area (TPSA) is 63.9 Å². The van der Waals surface area contributed by atoms with Gasteiger partial charge in [0.15, 0.2) is 4.80 Å². The van der Waals surface area contributed by atoms with E-state index in [-0.39, 0.29) is 4.90 Å². The number of allylic oxidation sites excluding steroid dienone is 1. The molecule has 9 heteroatoms. The molecular formula is C22H22ClN3O3S2. The van der Waals surface area contributed by atoms with Crippen LogP contribution in [0.2, 0.25) is 5.02 Å². The van der Waals surface area contributed by atoms with Crippen LogP contribution < -0.4 is 4.80 Å². The summed E-state index contributed by atoms with van der Waals surface area (Å²) >= 11 is 7.53. The molecule has 0 radical (unpaired) electrons. The number of benzene rings is 2. The second-order valence-electron chi connectivity index (χ2n) is 6.93. The van der Waals surface area contributed by atoms with Gasteiger partial charge in [-0.2, -0.15) is 4.31 Å². The number of halogens is 1. The van der Waals surface area contributed by atoms with Gasteiger partial charge in [-0.05, 0) is 42.0 Å². The highest BCUT2D eigenvalue weighted by atomic mass is 35.5. The Balaban J connectivity index is 1.65. The molecule has 162 valence electrons. The fourth-order valence-corrected chi connectivity index (χ4v) is 5.79. The Morgan fingerprint density at radius 1 is 1.10 bits per heavy atom. The second kappa shape index (κ2) is 9.50. The molecule has 6 nitrogen and oxygen atoms in total. The maximum Gasteiger partial charge on any atom is 0.243 e. The lowest BCUT2D eigenvalue weighted by Crippen LogP contribution is -2.40. The summed E-state index contributed by atoms with van der Waals surface area (Å²) in [5.41, 5.74) is 2.74. The SMILES string of the molecule is C=CCn1c(-c2ccc(Cl)cc2)csc1=Nc1ccc(S(=O)(=O)N2CCOCC2)cc1. The van der Waals surface area contributed by atoms with Crippen molar-refractivity contribution in [2.24, 2.45) is 4.99 Å². The van der Waals surface area contributed by atoms with E-state index in [0.717, 1.165) is 16.1 Å². The number of nitrogens with zero attached hydrogens (tertiary/aromatic N) is 3. The van der Waals surface area contributed by atoms with E-state index >= 15 is 0 Å². The molecule has 0 spiro atoms. The Morgan fingerprint density at radius 3 is 2.42 bits per heavy atom. The number of morpholine rings is 1. The number of ether oxygens (including phenoxy) is 1. The second-order valence-corrected chi connectivity index (χ2v) is 10.1. The molecule has 31 heavy (non-hydrogen) atoms. The van der Waals surface area contributed by atoms with Crippen LogP contribution in [0.1, 0.15) is 0 Å². The van der Waals surface area contributed by atoms with E-state index < -0.39 is 10.0 Å². The Labute approximate surface area is 190 Å². The summed E-state index contributed by atoms with van der Waals surface area (Å²) in [7, 11) is -3.52. The summed E-state index contributed by atoms with van der Waals surface area (Å²) in [5, 5.41) is 2.73. The van der Waals surface area contributed by atoms with Crippen LogP contribution >= 0.6 is 22.9 Å². The van der Waals surface area contributed by atoms with Crippen LogP contribution in [0.5, 0.6) is 0 Å². The van der Waals surface area contributed by atoms with Crippen LogP contribution in [0.3, 0.4) is 0 Å². The molecule has 1 fully saturated rings. The molecule has 0 aliphatic carbocycles. The molecular weight excluding hydrogens is 454 g/mol. The van der Waals surface area contributed by atoms with Crippen molar-refractivity contribution in [3.05, 3.63) is 76.4 Å². The summed E-state index contributed by atoms with van der Waals surface area (Å²) in [6, 6.07) is 14.3. The predicted molar refractivity (Wildman–Crippen MR) is 124 cm³/mol. The highest BCUT2D eigenvalue weighted by Gasteiger charge is 2.26. The lowest BCUT2D eigenvalue weighted by atomic mass is 10.2. The maximum atomic E-state index is 12.8. The fourth-order valence-electron chi connectivity index (χ4n) is 3.31. The smallest absolute Gasteiger partial charge is 0.243 e. The van der Waals surface area contributed by atoms with Crippen LogP contribution in [0.25, 0.3) is 11.3 Å². The summed E-state index contributed by atoms with van der Waals surface area (Å²) < 4.78 is 34.4. The van der Waals surface area contributed by atoms with Crippen molar-refractivity contribution in [2.45, 2.75) is 11.4 Å². The zero-order valence-electron chi connectivity index (χ0n) is 16.8. The molecule has 2 aromatic carbocycles. The van der Waals surface area contributed by atoms with Gasteiger partial charge in [-0.15, -0.1) is 17.9 Å². The van der Waals surface area contributed by atoms with Crippen molar-refractivity contribution < 1.29 is 13.2 Å². The van der Waals surface area contributed by atoms with E-state index in [9.17, 15) is 8.42 Å². The van der Waals surface area contributed by atoms with E-state index in [1.54, 1.807) is 24.3 Å². The molecule has 0 atom stereocenters. The Bertz CT molecular complexity index is 1220. The molecule has 0 amide bonds. The molecule has 1 aromatic heterocycles. The highest BCUT2D eigenvalue weighted by molar-refractivity contribution is 7.89. The molecule has 0 unspecified atom stereocenters. The first-order valence-electron chi connectivity index (χ1n) is 9.77. The van der Waals surface area contributed by atoms with E-state index in [1.807, 2.05) is 35.7 Å². The Kier molecular flexibility index (Phi) is 6.74. The predicted octanol–water partition coefficient (Wildman–Crippen LogP) is 4.31. The van der Waals surface area contributed by atoms with Gasteiger partial charge in [-0.25, -0.2) is 13.4 Å². The van der Waals surface area contributed by atoms with Gasteiger partial charge in [0.1, 0.15) is 0 Å². The van der Waals surface area contributed by atoms with Gasteiger partial charge in [0.05, 0.1) is 29.5 Å². The molecule has 1 aliphatic rings. The largest absolute Gasteiger partial charge is 0.379 e. The third kappa shape index (κ3) is 4.83. The van der Waals surface area contributed by atoms with Crippen LogP contribution in [0.15, 0.2) is 76.5 Å². The minimum absolute atomic E-state index is 0.264. The van der Waals surface area contributed by atoms with Crippen LogP contribution in [-0.4, -0.2) is 43.6 Å². The van der Waals surface area contributed by atoms with Crippen molar-refractivity contribution in [1.29, 1.82) is 0 Å². The lowest BCUT2D eigenvalue weighted by molar-refractivity contribution is 0.0730. The summed E-state index contributed by atoms with van der Waals surface area (Å²) in [4.78, 5) is 5.80. The molecule has 0 N–H and O–H groups in total. The number of hydrogen-bond donors (Lipinski definition) is 0. The first-order valence-corrected chi connectivity index (χ1v) is 12.5. The third-order valence-electron chi connectivity index (χ3n) is 4.92.